The van der Waals surface area contributed by atoms with Crippen LogP contribution in [0.3, 0.4) is 0 Å². The summed E-state index contributed by atoms with van der Waals surface area (Å²) < 4.78 is 6.17. The summed E-state index contributed by atoms with van der Waals surface area (Å²) in [4.78, 5) is 16.3. The lowest BCUT2D eigenvalue weighted by Gasteiger charge is -2.08. The van der Waals surface area contributed by atoms with E-state index in [1.807, 2.05) is 18.2 Å². The number of thiazole rings is 1. The number of nitrogens with one attached hydrogen (secondary N) is 1. The summed E-state index contributed by atoms with van der Waals surface area (Å²) >= 11 is 1.44. The Morgan fingerprint density at radius 2 is 2.40 bits per heavy atom. The van der Waals surface area contributed by atoms with Gasteiger partial charge in [0.1, 0.15) is 5.75 Å². The predicted octanol–water partition coefficient (Wildman–Crippen LogP) is 2.37. The number of nitrogens with two attached hydrogens (primary N) is 1. The molecule has 1 aromatic carbocycles. The highest BCUT2D eigenvalue weighted by Crippen LogP contribution is 2.33. The summed E-state index contributed by atoms with van der Waals surface area (Å²) in [7, 11) is 1.63. The molecule has 3 N–H and O–H groups in total. The van der Waals surface area contributed by atoms with Crippen LogP contribution >= 0.6 is 11.3 Å². The van der Waals surface area contributed by atoms with Gasteiger partial charge < -0.3 is 15.8 Å². The molecule has 1 aliphatic rings. The number of benzene rings is 1. The van der Waals surface area contributed by atoms with Crippen LogP contribution in [0, 0.1) is 5.92 Å². The minimum atomic E-state index is -0.0598. The van der Waals surface area contributed by atoms with Crippen LogP contribution in [0.15, 0.2) is 18.2 Å². The summed E-state index contributed by atoms with van der Waals surface area (Å²) in [5, 5.41) is 3.44. The maximum absolute atomic E-state index is 11.9. The van der Waals surface area contributed by atoms with Gasteiger partial charge in [0.15, 0.2) is 5.13 Å². The van der Waals surface area contributed by atoms with Gasteiger partial charge in [-0.1, -0.05) is 11.3 Å². The molecule has 1 atom stereocenters. The molecule has 0 aliphatic heterocycles. The third-order valence-electron chi connectivity index (χ3n) is 3.49. The molecule has 2 aromatic rings. The van der Waals surface area contributed by atoms with E-state index in [1.54, 1.807) is 7.11 Å². The van der Waals surface area contributed by atoms with Gasteiger partial charge in [-0.2, -0.15) is 0 Å². The van der Waals surface area contributed by atoms with Crippen molar-refractivity contribution in [3.05, 3.63) is 18.2 Å². The van der Waals surface area contributed by atoms with Crippen molar-refractivity contribution in [1.82, 2.24) is 4.98 Å². The van der Waals surface area contributed by atoms with Crippen LogP contribution in [0.5, 0.6) is 5.75 Å². The third kappa shape index (κ3) is 2.91. The number of methoxy groups -OCH3 is 1. The molecule has 0 spiro atoms. The molecule has 1 heterocycles. The number of carbonyl (C=O) groups excluding carboxylic acids is 1. The molecule has 0 radical (unpaired) electrons. The minimum Gasteiger partial charge on any atom is -0.497 e. The van der Waals surface area contributed by atoms with Crippen LogP contribution in [0.2, 0.25) is 0 Å². The Hall–Kier alpha value is -1.66. The Kier molecular flexibility index (Phi) is 3.58. The molecular formula is C14H17N3O2S. The summed E-state index contributed by atoms with van der Waals surface area (Å²) in [6.07, 6.45) is 2.66. The second-order valence-corrected chi connectivity index (χ2v) is 6.14. The topological polar surface area (TPSA) is 77.2 Å². The summed E-state index contributed by atoms with van der Waals surface area (Å²) in [5.74, 6) is 1.26. The van der Waals surface area contributed by atoms with Crippen LogP contribution in [-0.4, -0.2) is 24.0 Å². The fourth-order valence-corrected chi connectivity index (χ4v) is 3.07. The number of carbonyl (C=O) groups is 1. The van der Waals surface area contributed by atoms with Gasteiger partial charge in [-0.15, -0.1) is 0 Å². The van der Waals surface area contributed by atoms with Gasteiger partial charge in [0, 0.05) is 12.5 Å². The van der Waals surface area contributed by atoms with E-state index in [1.165, 1.54) is 11.3 Å². The number of hydrogen-bond acceptors (Lipinski definition) is 5. The molecule has 1 aromatic heterocycles. The van der Waals surface area contributed by atoms with E-state index in [0.717, 1.165) is 28.8 Å². The van der Waals surface area contributed by atoms with Gasteiger partial charge in [0.2, 0.25) is 5.91 Å². The van der Waals surface area contributed by atoms with Crippen molar-refractivity contribution in [2.45, 2.75) is 25.3 Å². The highest BCUT2D eigenvalue weighted by Gasteiger charge is 2.29. The molecule has 1 amide bonds. The molecule has 5 nitrogen and oxygen atoms in total. The average molecular weight is 291 g/mol. The zero-order valence-corrected chi connectivity index (χ0v) is 12.1. The Morgan fingerprint density at radius 1 is 1.60 bits per heavy atom. The van der Waals surface area contributed by atoms with Crippen molar-refractivity contribution in [2.75, 3.05) is 12.4 Å². The number of ether oxygens (including phenoxy) is 1. The molecule has 0 saturated heterocycles. The standard InChI is InChI=1S/C14H17N3O2S/c1-19-9-4-5-11-12(6-9)20-14(16-11)17-13(18)7-10(15)8-2-3-8/h4-6,8,10H,2-3,7,15H2,1H3,(H,16,17,18). The van der Waals surface area contributed by atoms with Crippen LogP contribution < -0.4 is 15.8 Å². The van der Waals surface area contributed by atoms with E-state index in [2.05, 4.69) is 10.3 Å². The molecule has 1 fully saturated rings. The van der Waals surface area contributed by atoms with E-state index in [-0.39, 0.29) is 11.9 Å². The first-order valence-corrected chi connectivity index (χ1v) is 7.47. The molecular weight excluding hydrogens is 274 g/mol. The number of fused-ring (bicyclic) bond motifs is 1. The molecule has 20 heavy (non-hydrogen) atoms. The number of aromatic nitrogens is 1. The lowest BCUT2D eigenvalue weighted by Crippen LogP contribution is -2.28. The van der Waals surface area contributed by atoms with Gasteiger partial charge in [0.25, 0.3) is 0 Å². The van der Waals surface area contributed by atoms with E-state index >= 15 is 0 Å². The normalized spacial score (nSPS) is 16.1. The predicted molar refractivity (Wildman–Crippen MR) is 80.1 cm³/mol. The summed E-state index contributed by atoms with van der Waals surface area (Å²) in [5.41, 5.74) is 6.81. The first-order valence-electron chi connectivity index (χ1n) is 6.65. The third-order valence-corrected chi connectivity index (χ3v) is 4.42. The van der Waals surface area contributed by atoms with Crippen molar-refractivity contribution in [3.8, 4) is 5.75 Å². The van der Waals surface area contributed by atoms with Crippen molar-refractivity contribution in [3.63, 3.8) is 0 Å². The smallest absolute Gasteiger partial charge is 0.227 e. The molecule has 1 saturated carbocycles. The Bertz CT molecular complexity index is 636. The minimum absolute atomic E-state index is 0.0236. The highest BCUT2D eigenvalue weighted by atomic mass is 32.1. The molecule has 106 valence electrons. The lowest BCUT2D eigenvalue weighted by atomic mass is 10.1. The van der Waals surface area contributed by atoms with Crippen LogP contribution in [0.1, 0.15) is 19.3 Å². The zero-order valence-electron chi connectivity index (χ0n) is 11.3. The van der Waals surface area contributed by atoms with Crippen molar-refractivity contribution in [2.24, 2.45) is 11.7 Å². The van der Waals surface area contributed by atoms with E-state index in [4.69, 9.17) is 10.5 Å². The van der Waals surface area contributed by atoms with Gasteiger partial charge in [-0.3, -0.25) is 4.79 Å². The number of rotatable bonds is 5. The highest BCUT2D eigenvalue weighted by molar-refractivity contribution is 7.22. The number of anilines is 1. The summed E-state index contributed by atoms with van der Waals surface area (Å²) in [6.45, 7) is 0. The van der Waals surface area contributed by atoms with Crippen LogP contribution in [0.25, 0.3) is 10.2 Å². The van der Waals surface area contributed by atoms with Crippen molar-refractivity contribution in [1.29, 1.82) is 0 Å². The van der Waals surface area contributed by atoms with E-state index in [9.17, 15) is 4.79 Å². The Morgan fingerprint density at radius 3 is 3.10 bits per heavy atom. The first kappa shape index (κ1) is 13.3. The van der Waals surface area contributed by atoms with Crippen molar-refractivity contribution >= 4 is 32.6 Å². The zero-order chi connectivity index (χ0) is 14.1. The second kappa shape index (κ2) is 5.38. The SMILES string of the molecule is COc1ccc2nc(NC(=O)CC(N)C3CC3)sc2c1. The molecule has 1 aliphatic carbocycles. The van der Waals surface area contributed by atoms with Gasteiger partial charge in [-0.25, -0.2) is 4.98 Å². The van der Waals surface area contributed by atoms with E-state index < -0.39 is 0 Å². The van der Waals surface area contributed by atoms with Crippen LogP contribution in [-0.2, 0) is 4.79 Å². The average Bonchev–Trinajstić information content (AvgIpc) is 3.19. The van der Waals surface area contributed by atoms with Crippen molar-refractivity contribution < 1.29 is 9.53 Å². The number of nitrogens with zero attached hydrogens (tertiary/aromatic N) is 1. The maximum atomic E-state index is 11.9. The molecule has 6 heteroatoms. The van der Waals surface area contributed by atoms with Gasteiger partial charge in [-0.05, 0) is 37.0 Å². The Balaban J connectivity index is 1.68. The largest absolute Gasteiger partial charge is 0.497 e. The number of amides is 1. The maximum Gasteiger partial charge on any atom is 0.227 e. The second-order valence-electron chi connectivity index (χ2n) is 5.11. The fourth-order valence-electron chi connectivity index (χ4n) is 2.16. The van der Waals surface area contributed by atoms with Gasteiger partial charge in [0.05, 0.1) is 17.3 Å². The molecule has 0 bridgehead atoms. The number of hydrogen-bond donors (Lipinski definition) is 2. The lowest BCUT2D eigenvalue weighted by molar-refractivity contribution is -0.116. The Labute approximate surface area is 121 Å². The quantitative estimate of drug-likeness (QED) is 0.886. The monoisotopic (exact) mass is 291 g/mol. The fraction of sp³-hybridized carbons (Fsp3) is 0.429. The van der Waals surface area contributed by atoms with Gasteiger partial charge >= 0.3 is 0 Å². The van der Waals surface area contributed by atoms with E-state index in [0.29, 0.717) is 17.5 Å². The van der Waals surface area contributed by atoms with Crippen LogP contribution in [0.4, 0.5) is 5.13 Å². The molecule has 1 unspecified atom stereocenters. The first-order chi connectivity index (χ1) is 9.65. The molecule has 3 rings (SSSR count). The summed E-state index contributed by atoms with van der Waals surface area (Å²) in [6, 6.07) is 5.63.